The number of aliphatic carboxylic acids is 1. The second-order valence-corrected chi connectivity index (χ2v) is 5.43. The van der Waals surface area contributed by atoms with Crippen molar-refractivity contribution in [1.29, 1.82) is 0 Å². The highest BCUT2D eigenvalue weighted by molar-refractivity contribution is 5.75. The first-order chi connectivity index (χ1) is 9.50. The molecule has 1 aliphatic heterocycles. The van der Waals surface area contributed by atoms with Crippen LogP contribution in [-0.2, 0) is 16.1 Å². The number of carboxylic acid groups (broad SMARTS) is 1. The highest BCUT2D eigenvalue weighted by Crippen LogP contribution is 2.18. The molecule has 2 rings (SSSR count). The average Bonchev–Trinajstić information content (AvgIpc) is 2.85. The molecule has 1 heterocycles. The molecule has 20 heavy (non-hydrogen) atoms. The fourth-order valence-electron chi connectivity index (χ4n) is 2.24. The topological polar surface area (TPSA) is 78.8 Å². The standard InChI is InChI=1S/C15H21NO4/c1-11(14(17)18)13-4-2-12(3-5-13)8-16-9-15(19)6-7-20-10-15/h2-5,11,16,19H,6-10H2,1H3,(H,17,18). The van der Waals surface area contributed by atoms with Crippen LogP contribution in [0.4, 0.5) is 0 Å². The van der Waals surface area contributed by atoms with Gasteiger partial charge in [-0.2, -0.15) is 0 Å². The third-order valence-electron chi connectivity index (χ3n) is 3.72. The normalized spacial score (nSPS) is 23.7. The summed E-state index contributed by atoms with van der Waals surface area (Å²) in [6.07, 6.45) is 0.662. The number of hydrogen-bond acceptors (Lipinski definition) is 4. The quantitative estimate of drug-likeness (QED) is 0.727. The van der Waals surface area contributed by atoms with Crippen molar-refractivity contribution in [1.82, 2.24) is 5.32 Å². The van der Waals surface area contributed by atoms with E-state index in [1.807, 2.05) is 24.3 Å². The monoisotopic (exact) mass is 279 g/mol. The van der Waals surface area contributed by atoms with E-state index in [9.17, 15) is 9.90 Å². The van der Waals surface area contributed by atoms with Crippen LogP contribution in [0.3, 0.4) is 0 Å². The van der Waals surface area contributed by atoms with Gasteiger partial charge >= 0.3 is 5.97 Å². The molecule has 0 amide bonds. The maximum atomic E-state index is 10.9. The molecule has 0 aliphatic carbocycles. The molecule has 0 saturated carbocycles. The Kier molecular flexibility index (Phi) is 4.75. The van der Waals surface area contributed by atoms with Gasteiger partial charge in [-0.15, -0.1) is 0 Å². The van der Waals surface area contributed by atoms with Crippen LogP contribution in [0.1, 0.15) is 30.4 Å². The summed E-state index contributed by atoms with van der Waals surface area (Å²) in [4.78, 5) is 10.9. The van der Waals surface area contributed by atoms with Crippen LogP contribution in [0.15, 0.2) is 24.3 Å². The molecule has 3 N–H and O–H groups in total. The van der Waals surface area contributed by atoms with Crippen molar-refractivity contribution in [3.8, 4) is 0 Å². The Morgan fingerprint density at radius 1 is 1.45 bits per heavy atom. The van der Waals surface area contributed by atoms with E-state index in [1.165, 1.54) is 0 Å². The summed E-state index contributed by atoms with van der Waals surface area (Å²) in [6.45, 7) is 3.81. The lowest BCUT2D eigenvalue weighted by atomic mass is 10.00. The van der Waals surface area contributed by atoms with E-state index in [0.717, 1.165) is 11.1 Å². The predicted octanol–water partition coefficient (Wildman–Crippen LogP) is 1.12. The van der Waals surface area contributed by atoms with Crippen LogP contribution >= 0.6 is 0 Å². The van der Waals surface area contributed by atoms with Crippen molar-refractivity contribution in [3.63, 3.8) is 0 Å². The lowest BCUT2D eigenvalue weighted by Gasteiger charge is -2.20. The molecule has 0 spiro atoms. The molecule has 0 radical (unpaired) electrons. The van der Waals surface area contributed by atoms with Crippen molar-refractivity contribution in [2.45, 2.75) is 31.4 Å². The van der Waals surface area contributed by atoms with Crippen molar-refractivity contribution >= 4 is 5.97 Å². The van der Waals surface area contributed by atoms with Crippen LogP contribution < -0.4 is 5.32 Å². The van der Waals surface area contributed by atoms with Crippen LogP contribution in [0.2, 0.25) is 0 Å². The van der Waals surface area contributed by atoms with E-state index in [2.05, 4.69) is 5.32 Å². The second-order valence-electron chi connectivity index (χ2n) is 5.43. The number of nitrogens with one attached hydrogen (secondary N) is 1. The van der Waals surface area contributed by atoms with E-state index >= 15 is 0 Å². The summed E-state index contributed by atoms with van der Waals surface area (Å²) in [5, 5.41) is 22.2. The van der Waals surface area contributed by atoms with E-state index in [-0.39, 0.29) is 0 Å². The molecule has 0 aromatic heterocycles. The number of ether oxygens (including phenoxy) is 1. The summed E-state index contributed by atoms with van der Waals surface area (Å²) in [7, 11) is 0. The Bertz CT molecular complexity index is 451. The van der Waals surface area contributed by atoms with E-state index in [0.29, 0.717) is 32.7 Å². The average molecular weight is 279 g/mol. The van der Waals surface area contributed by atoms with Gasteiger partial charge in [0.1, 0.15) is 5.60 Å². The van der Waals surface area contributed by atoms with Crippen LogP contribution in [-0.4, -0.2) is 41.5 Å². The molecule has 1 aromatic rings. The van der Waals surface area contributed by atoms with Gasteiger partial charge in [0.2, 0.25) is 0 Å². The highest BCUT2D eigenvalue weighted by Gasteiger charge is 2.31. The summed E-state index contributed by atoms with van der Waals surface area (Å²) < 4.78 is 5.18. The highest BCUT2D eigenvalue weighted by atomic mass is 16.5. The molecule has 110 valence electrons. The van der Waals surface area contributed by atoms with Gasteiger partial charge in [-0.3, -0.25) is 4.79 Å². The van der Waals surface area contributed by atoms with E-state index in [4.69, 9.17) is 9.84 Å². The Balaban J connectivity index is 1.83. The molecule has 5 nitrogen and oxygen atoms in total. The van der Waals surface area contributed by atoms with Crippen LogP contribution in [0, 0.1) is 0 Å². The lowest BCUT2D eigenvalue weighted by Crippen LogP contribution is -2.40. The van der Waals surface area contributed by atoms with Gasteiger partial charge in [0, 0.05) is 26.1 Å². The fourth-order valence-corrected chi connectivity index (χ4v) is 2.24. The van der Waals surface area contributed by atoms with Gasteiger partial charge in [0.25, 0.3) is 0 Å². The van der Waals surface area contributed by atoms with Crippen molar-refractivity contribution < 1.29 is 19.7 Å². The van der Waals surface area contributed by atoms with Crippen molar-refractivity contribution in [2.24, 2.45) is 0 Å². The maximum absolute atomic E-state index is 10.9. The summed E-state index contributed by atoms with van der Waals surface area (Å²) in [5.41, 5.74) is 1.11. The molecule has 5 heteroatoms. The zero-order valence-electron chi connectivity index (χ0n) is 11.6. The maximum Gasteiger partial charge on any atom is 0.310 e. The molecular weight excluding hydrogens is 258 g/mol. The minimum absolute atomic E-state index is 0.384. The molecular formula is C15H21NO4. The van der Waals surface area contributed by atoms with Gasteiger partial charge in [-0.1, -0.05) is 24.3 Å². The van der Waals surface area contributed by atoms with Crippen molar-refractivity contribution in [2.75, 3.05) is 19.8 Å². The van der Waals surface area contributed by atoms with E-state index < -0.39 is 17.5 Å². The molecule has 2 atom stereocenters. The third kappa shape index (κ3) is 3.79. The predicted molar refractivity (Wildman–Crippen MR) is 74.6 cm³/mol. The van der Waals surface area contributed by atoms with Gasteiger partial charge in [-0.05, 0) is 18.1 Å². The summed E-state index contributed by atoms with van der Waals surface area (Å²) >= 11 is 0. The zero-order valence-corrected chi connectivity index (χ0v) is 11.6. The van der Waals surface area contributed by atoms with Gasteiger partial charge in [0.05, 0.1) is 12.5 Å². The molecule has 1 aliphatic rings. The van der Waals surface area contributed by atoms with Gasteiger partial charge in [-0.25, -0.2) is 0 Å². The zero-order chi connectivity index (χ0) is 14.6. The first-order valence-electron chi connectivity index (χ1n) is 6.83. The Hall–Kier alpha value is -1.43. The number of benzene rings is 1. The largest absolute Gasteiger partial charge is 0.481 e. The fraction of sp³-hybridized carbons (Fsp3) is 0.533. The third-order valence-corrected chi connectivity index (χ3v) is 3.72. The molecule has 1 saturated heterocycles. The lowest BCUT2D eigenvalue weighted by molar-refractivity contribution is -0.138. The summed E-state index contributed by atoms with van der Waals surface area (Å²) in [6, 6.07) is 7.50. The molecule has 1 fully saturated rings. The smallest absolute Gasteiger partial charge is 0.310 e. The molecule has 2 unspecified atom stereocenters. The van der Waals surface area contributed by atoms with Gasteiger partial charge < -0.3 is 20.3 Å². The minimum atomic E-state index is -0.820. The van der Waals surface area contributed by atoms with Crippen LogP contribution in [0.5, 0.6) is 0 Å². The van der Waals surface area contributed by atoms with Crippen LogP contribution in [0.25, 0.3) is 0 Å². The SMILES string of the molecule is CC(C(=O)O)c1ccc(CNCC2(O)CCOC2)cc1. The number of aliphatic hydroxyl groups is 1. The Morgan fingerprint density at radius 3 is 2.70 bits per heavy atom. The minimum Gasteiger partial charge on any atom is -0.481 e. The number of hydrogen-bond donors (Lipinski definition) is 3. The number of carbonyl (C=O) groups is 1. The summed E-state index contributed by atoms with van der Waals surface area (Å²) in [5.74, 6) is -1.31. The van der Waals surface area contributed by atoms with E-state index in [1.54, 1.807) is 6.92 Å². The van der Waals surface area contributed by atoms with Gasteiger partial charge in [0.15, 0.2) is 0 Å². The van der Waals surface area contributed by atoms with Crippen molar-refractivity contribution in [3.05, 3.63) is 35.4 Å². The number of rotatable bonds is 6. The first kappa shape index (κ1) is 15.0. The molecule has 1 aromatic carbocycles. The second kappa shape index (κ2) is 6.35. The number of carboxylic acids is 1. The first-order valence-corrected chi connectivity index (χ1v) is 6.83. The molecule has 0 bridgehead atoms. The Labute approximate surface area is 118 Å². The Morgan fingerprint density at radius 2 is 2.15 bits per heavy atom.